The minimum atomic E-state index is -1.55. The van der Waals surface area contributed by atoms with E-state index in [0.29, 0.717) is 0 Å². The van der Waals surface area contributed by atoms with Gasteiger partial charge in [0.25, 0.3) is 0 Å². The first kappa shape index (κ1) is 13.2. The Morgan fingerprint density at radius 1 is 1.26 bits per heavy atom. The van der Waals surface area contributed by atoms with Crippen LogP contribution in [0.3, 0.4) is 0 Å². The molecule has 0 fully saturated rings. The second-order valence-electron chi connectivity index (χ2n) is 3.43. The minimum Gasteiger partial charge on any atom is -0.476 e. The van der Waals surface area contributed by atoms with Crippen LogP contribution < -0.4 is 0 Å². The number of rotatable bonds is 3. The van der Waals surface area contributed by atoms with Gasteiger partial charge in [-0.05, 0) is 34.1 Å². The van der Waals surface area contributed by atoms with E-state index in [2.05, 4.69) is 20.9 Å². The Hall–Kier alpha value is -2.22. The average Bonchev–Trinajstić information content (AvgIpc) is 2.73. The molecule has 0 aliphatic heterocycles. The third kappa shape index (κ3) is 2.48. The first-order chi connectivity index (χ1) is 8.90. The Labute approximate surface area is 113 Å². The molecular weight excluding hydrogens is 325 g/mol. The van der Waals surface area contributed by atoms with E-state index in [0.717, 1.165) is 12.1 Å². The molecule has 0 saturated carbocycles. The molecule has 0 amide bonds. The van der Waals surface area contributed by atoms with Crippen LogP contribution in [0.5, 0.6) is 0 Å². The SMILES string of the molecule is O=C(O)c1nc(-c2ccc(F)cc2Br)oc1C(=O)O. The fourth-order valence-corrected chi connectivity index (χ4v) is 1.91. The number of hydrogen-bond donors (Lipinski definition) is 2. The lowest BCUT2D eigenvalue weighted by Gasteiger charge is -1.98. The van der Waals surface area contributed by atoms with Gasteiger partial charge < -0.3 is 14.6 Å². The molecule has 0 unspecified atom stereocenters. The lowest BCUT2D eigenvalue weighted by atomic mass is 10.2. The molecule has 2 N–H and O–H groups in total. The van der Waals surface area contributed by atoms with Crippen molar-refractivity contribution in [3.05, 3.63) is 39.9 Å². The molecule has 2 aromatic rings. The Morgan fingerprint density at radius 3 is 2.42 bits per heavy atom. The highest BCUT2D eigenvalue weighted by atomic mass is 79.9. The van der Waals surface area contributed by atoms with Gasteiger partial charge in [0.05, 0.1) is 5.56 Å². The van der Waals surface area contributed by atoms with Gasteiger partial charge in [0.1, 0.15) is 5.82 Å². The molecule has 98 valence electrons. The van der Waals surface area contributed by atoms with Crippen LogP contribution >= 0.6 is 15.9 Å². The fraction of sp³-hybridized carbons (Fsp3) is 0. The van der Waals surface area contributed by atoms with Crippen LogP contribution in [0, 0.1) is 5.82 Å². The van der Waals surface area contributed by atoms with Gasteiger partial charge in [0, 0.05) is 4.47 Å². The highest BCUT2D eigenvalue weighted by Gasteiger charge is 2.26. The highest BCUT2D eigenvalue weighted by molar-refractivity contribution is 9.10. The monoisotopic (exact) mass is 329 g/mol. The number of nitrogens with zero attached hydrogens (tertiary/aromatic N) is 1. The van der Waals surface area contributed by atoms with Crippen LogP contribution in [0.4, 0.5) is 4.39 Å². The van der Waals surface area contributed by atoms with E-state index in [4.69, 9.17) is 14.6 Å². The number of oxazole rings is 1. The van der Waals surface area contributed by atoms with E-state index in [1.165, 1.54) is 6.07 Å². The average molecular weight is 330 g/mol. The predicted molar refractivity (Wildman–Crippen MR) is 63.5 cm³/mol. The summed E-state index contributed by atoms with van der Waals surface area (Å²) in [5, 5.41) is 17.7. The topological polar surface area (TPSA) is 101 Å². The van der Waals surface area contributed by atoms with Crippen molar-refractivity contribution in [3.63, 3.8) is 0 Å². The summed E-state index contributed by atoms with van der Waals surface area (Å²) in [6.45, 7) is 0. The number of carboxylic acids is 2. The van der Waals surface area contributed by atoms with Gasteiger partial charge in [0.15, 0.2) is 0 Å². The van der Waals surface area contributed by atoms with Crippen molar-refractivity contribution in [2.24, 2.45) is 0 Å². The summed E-state index contributed by atoms with van der Waals surface area (Å²) in [6.07, 6.45) is 0. The summed E-state index contributed by atoms with van der Waals surface area (Å²) in [7, 11) is 0. The van der Waals surface area contributed by atoms with Crippen LogP contribution in [0.15, 0.2) is 27.1 Å². The molecule has 0 atom stereocenters. The molecule has 0 radical (unpaired) electrons. The van der Waals surface area contributed by atoms with E-state index in [-0.39, 0.29) is 15.9 Å². The largest absolute Gasteiger partial charge is 0.476 e. The quantitative estimate of drug-likeness (QED) is 0.897. The number of benzene rings is 1. The van der Waals surface area contributed by atoms with Crippen molar-refractivity contribution in [3.8, 4) is 11.5 Å². The number of aromatic carboxylic acids is 2. The van der Waals surface area contributed by atoms with E-state index < -0.39 is 29.2 Å². The standard InChI is InChI=1S/C11H5BrFNO5/c12-6-3-4(13)1-2-5(6)9-14-7(10(15)16)8(19-9)11(17)18/h1-3H,(H,15,16)(H,17,18). The van der Waals surface area contributed by atoms with Crippen molar-refractivity contribution < 1.29 is 28.6 Å². The van der Waals surface area contributed by atoms with Crippen LogP contribution in [0.1, 0.15) is 21.0 Å². The number of carbonyl (C=O) groups is 2. The molecule has 0 saturated heterocycles. The van der Waals surface area contributed by atoms with Crippen LogP contribution in [-0.4, -0.2) is 27.1 Å². The number of aromatic nitrogens is 1. The molecule has 1 aromatic carbocycles. The zero-order valence-corrected chi connectivity index (χ0v) is 10.6. The maximum Gasteiger partial charge on any atom is 0.374 e. The molecule has 0 spiro atoms. The summed E-state index contributed by atoms with van der Waals surface area (Å²) in [5.74, 6) is -4.58. The Balaban J connectivity index is 2.60. The second kappa shape index (κ2) is 4.81. The van der Waals surface area contributed by atoms with Gasteiger partial charge in [-0.15, -0.1) is 0 Å². The van der Waals surface area contributed by atoms with Crippen molar-refractivity contribution >= 4 is 27.9 Å². The zero-order valence-electron chi connectivity index (χ0n) is 9.05. The summed E-state index contributed by atoms with van der Waals surface area (Å²) < 4.78 is 18.1. The number of carboxylic acid groups (broad SMARTS) is 2. The highest BCUT2D eigenvalue weighted by Crippen LogP contribution is 2.29. The molecule has 6 nitrogen and oxygen atoms in total. The van der Waals surface area contributed by atoms with Gasteiger partial charge in [-0.1, -0.05) is 0 Å². The summed E-state index contributed by atoms with van der Waals surface area (Å²) in [5.41, 5.74) is -0.463. The van der Waals surface area contributed by atoms with Crippen LogP contribution in [0.2, 0.25) is 0 Å². The second-order valence-corrected chi connectivity index (χ2v) is 4.29. The maximum absolute atomic E-state index is 12.9. The molecular formula is C11H5BrFNO5. The lowest BCUT2D eigenvalue weighted by molar-refractivity contribution is 0.0624. The van der Waals surface area contributed by atoms with Gasteiger partial charge in [-0.2, -0.15) is 0 Å². The van der Waals surface area contributed by atoms with E-state index >= 15 is 0 Å². The van der Waals surface area contributed by atoms with Crippen molar-refractivity contribution in [2.45, 2.75) is 0 Å². The third-order valence-corrected chi connectivity index (χ3v) is 2.84. The van der Waals surface area contributed by atoms with Crippen LogP contribution in [0.25, 0.3) is 11.5 Å². The molecule has 19 heavy (non-hydrogen) atoms. The predicted octanol–water partition coefficient (Wildman–Crippen LogP) is 2.64. The first-order valence-corrected chi connectivity index (χ1v) is 5.62. The van der Waals surface area contributed by atoms with Crippen molar-refractivity contribution in [1.29, 1.82) is 0 Å². The number of halogens is 2. The van der Waals surface area contributed by atoms with Gasteiger partial charge >= 0.3 is 11.9 Å². The molecule has 8 heteroatoms. The molecule has 2 rings (SSSR count). The Bertz CT molecular complexity index is 650. The van der Waals surface area contributed by atoms with Crippen LogP contribution in [-0.2, 0) is 0 Å². The zero-order chi connectivity index (χ0) is 14.2. The summed E-state index contributed by atoms with van der Waals surface area (Å²) in [6, 6.07) is 3.54. The first-order valence-electron chi connectivity index (χ1n) is 4.83. The minimum absolute atomic E-state index is 0.221. The van der Waals surface area contributed by atoms with E-state index in [1.807, 2.05) is 0 Å². The lowest BCUT2D eigenvalue weighted by Crippen LogP contribution is -2.05. The molecule has 1 heterocycles. The summed E-state index contributed by atoms with van der Waals surface area (Å²) >= 11 is 3.06. The maximum atomic E-state index is 12.9. The smallest absolute Gasteiger partial charge is 0.374 e. The summed E-state index contributed by atoms with van der Waals surface area (Å²) in [4.78, 5) is 25.3. The normalized spacial score (nSPS) is 10.4. The van der Waals surface area contributed by atoms with Crippen molar-refractivity contribution in [1.82, 2.24) is 4.98 Å². The number of hydrogen-bond acceptors (Lipinski definition) is 4. The van der Waals surface area contributed by atoms with Gasteiger partial charge in [-0.3, -0.25) is 0 Å². The molecule has 0 bridgehead atoms. The van der Waals surface area contributed by atoms with Crippen molar-refractivity contribution in [2.75, 3.05) is 0 Å². The molecule has 0 aliphatic rings. The van der Waals surface area contributed by atoms with E-state index in [9.17, 15) is 14.0 Å². The fourth-order valence-electron chi connectivity index (χ4n) is 1.39. The third-order valence-electron chi connectivity index (χ3n) is 2.19. The van der Waals surface area contributed by atoms with E-state index in [1.54, 1.807) is 0 Å². The molecule has 1 aromatic heterocycles. The van der Waals surface area contributed by atoms with Gasteiger partial charge in [0.2, 0.25) is 17.3 Å². The Morgan fingerprint density at radius 2 is 1.95 bits per heavy atom. The van der Waals surface area contributed by atoms with Gasteiger partial charge in [-0.25, -0.2) is 19.0 Å². The Kier molecular flexibility index (Phi) is 3.34. The molecule has 0 aliphatic carbocycles.